The first kappa shape index (κ1) is 13.4. The molecule has 4 heteroatoms. The van der Waals surface area contributed by atoms with Gasteiger partial charge in [0.15, 0.2) is 5.13 Å². The molecule has 2 N–H and O–H groups in total. The van der Waals surface area contributed by atoms with Crippen LogP contribution in [-0.4, -0.2) is 4.98 Å². The standard InChI is InChI=1S/C14H17ClN2S/c1-3-4-12-13(18-14(16)17-12)8-10-7-11(15)6-5-9(10)2/h5-7H,3-4,8H2,1-2H3,(H2,16,17). The second-order valence-corrected chi connectivity index (χ2v) is 5.97. The Kier molecular flexibility index (Phi) is 4.25. The second kappa shape index (κ2) is 5.72. The van der Waals surface area contributed by atoms with E-state index in [0.717, 1.165) is 30.0 Å². The van der Waals surface area contributed by atoms with E-state index >= 15 is 0 Å². The number of hydrogen-bond donors (Lipinski definition) is 1. The van der Waals surface area contributed by atoms with E-state index in [2.05, 4.69) is 24.9 Å². The van der Waals surface area contributed by atoms with Gasteiger partial charge in [-0.15, -0.1) is 11.3 Å². The number of rotatable bonds is 4. The van der Waals surface area contributed by atoms with E-state index in [-0.39, 0.29) is 0 Å². The number of nitrogens with zero attached hydrogens (tertiary/aromatic N) is 1. The minimum absolute atomic E-state index is 0.660. The third-order valence-electron chi connectivity index (χ3n) is 2.94. The summed E-state index contributed by atoms with van der Waals surface area (Å²) in [6, 6.07) is 6.01. The van der Waals surface area contributed by atoms with E-state index in [1.807, 2.05) is 12.1 Å². The molecule has 0 amide bonds. The molecule has 0 atom stereocenters. The van der Waals surface area contributed by atoms with Gasteiger partial charge in [0.05, 0.1) is 5.69 Å². The first-order chi connectivity index (χ1) is 8.60. The zero-order valence-electron chi connectivity index (χ0n) is 10.7. The number of halogens is 1. The molecule has 0 radical (unpaired) electrons. The maximum absolute atomic E-state index is 6.05. The highest BCUT2D eigenvalue weighted by Crippen LogP contribution is 2.27. The van der Waals surface area contributed by atoms with E-state index in [9.17, 15) is 0 Å². The first-order valence-electron chi connectivity index (χ1n) is 6.09. The molecule has 0 fully saturated rings. The largest absolute Gasteiger partial charge is 0.375 e. The van der Waals surface area contributed by atoms with Gasteiger partial charge < -0.3 is 5.73 Å². The molecule has 0 aliphatic rings. The van der Waals surface area contributed by atoms with Crippen LogP contribution in [0.3, 0.4) is 0 Å². The van der Waals surface area contributed by atoms with Gasteiger partial charge in [0, 0.05) is 16.3 Å². The third kappa shape index (κ3) is 3.03. The molecule has 0 aliphatic carbocycles. The Hall–Kier alpha value is -1.06. The third-order valence-corrected chi connectivity index (χ3v) is 4.11. The Morgan fingerprint density at radius 2 is 2.17 bits per heavy atom. The Balaban J connectivity index is 2.30. The van der Waals surface area contributed by atoms with Gasteiger partial charge in [-0.05, 0) is 36.6 Å². The number of benzene rings is 1. The van der Waals surface area contributed by atoms with Gasteiger partial charge in [-0.2, -0.15) is 0 Å². The summed E-state index contributed by atoms with van der Waals surface area (Å²) >= 11 is 7.64. The molecule has 0 unspecified atom stereocenters. The lowest BCUT2D eigenvalue weighted by atomic mass is 10.0. The second-order valence-electron chi connectivity index (χ2n) is 4.42. The summed E-state index contributed by atoms with van der Waals surface area (Å²) in [6.07, 6.45) is 2.95. The average Bonchev–Trinajstić information content (AvgIpc) is 2.65. The maximum Gasteiger partial charge on any atom is 0.180 e. The van der Waals surface area contributed by atoms with Gasteiger partial charge in [-0.1, -0.05) is 31.0 Å². The number of nitrogen functional groups attached to an aromatic ring is 1. The van der Waals surface area contributed by atoms with Crippen LogP contribution < -0.4 is 5.73 Å². The fourth-order valence-electron chi connectivity index (χ4n) is 1.98. The van der Waals surface area contributed by atoms with Crippen molar-refractivity contribution in [3.63, 3.8) is 0 Å². The molecule has 0 bridgehead atoms. The molecule has 1 aromatic carbocycles. The van der Waals surface area contributed by atoms with Crippen LogP contribution in [0.15, 0.2) is 18.2 Å². The Morgan fingerprint density at radius 3 is 2.89 bits per heavy atom. The molecule has 96 valence electrons. The van der Waals surface area contributed by atoms with E-state index in [1.165, 1.54) is 16.0 Å². The van der Waals surface area contributed by atoms with Crippen molar-refractivity contribution in [2.75, 3.05) is 5.73 Å². The smallest absolute Gasteiger partial charge is 0.180 e. The van der Waals surface area contributed by atoms with Crippen LogP contribution in [0, 0.1) is 6.92 Å². The number of hydrogen-bond acceptors (Lipinski definition) is 3. The average molecular weight is 281 g/mol. The zero-order valence-corrected chi connectivity index (χ0v) is 12.2. The summed E-state index contributed by atoms with van der Waals surface area (Å²) in [7, 11) is 0. The summed E-state index contributed by atoms with van der Waals surface area (Å²) in [5.74, 6) is 0. The normalized spacial score (nSPS) is 10.8. The lowest BCUT2D eigenvalue weighted by Crippen LogP contribution is -1.95. The van der Waals surface area contributed by atoms with E-state index in [0.29, 0.717) is 5.13 Å². The minimum Gasteiger partial charge on any atom is -0.375 e. The van der Waals surface area contributed by atoms with Gasteiger partial charge in [-0.3, -0.25) is 0 Å². The van der Waals surface area contributed by atoms with Crippen LogP contribution in [-0.2, 0) is 12.8 Å². The topological polar surface area (TPSA) is 38.9 Å². The van der Waals surface area contributed by atoms with E-state index < -0.39 is 0 Å². The van der Waals surface area contributed by atoms with Crippen molar-refractivity contribution in [2.24, 2.45) is 0 Å². The molecule has 0 spiro atoms. The summed E-state index contributed by atoms with van der Waals surface area (Å²) in [4.78, 5) is 5.68. The van der Waals surface area contributed by atoms with Crippen molar-refractivity contribution >= 4 is 28.1 Å². The van der Waals surface area contributed by atoms with Crippen LogP contribution in [0.5, 0.6) is 0 Å². The Morgan fingerprint density at radius 1 is 1.39 bits per heavy atom. The molecule has 18 heavy (non-hydrogen) atoms. The lowest BCUT2D eigenvalue weighted by Gasteiger charge is -2.06. The highest BCUT2D eigenvalue weighted by molar-refractivity contribution is 7.15. The predicted molar refractivity (Wildman–Crippen MR) is 79.5 cm³/mol. The molecule has 0 aliphatic heterocycles. The predicted octanol–water partition coefficient (Wildman–Crippen LogP) is 4.23. The van der Waals surface area contributed by atoms with Crippen LogP contribution in [0.1, 0.15) is 35.0 Å². The van der Waals surface area contributed by atoms with Crippen LogP contribution in [0.25, 0.3) is 0 Å². The number of anilines is 1. The maximum atomic E-state index is 6.05. The summed E-state index contributed by atoms with van der Waals surface area (Å²) < 4.78 is 0. The Labute approximate surface area is 117 Å². The molecule has 2 aromatic rings. The van der Waals surface area contributed by atoms with Crippen molar-refractivity contribution < 1.29 is 0 Å². The van der Waals surface area contributed by atoms with Gasteiger partial charge >= 0.3 is 0 Å². The zero-order chi connectivity index (χ0) is 13.1. The molecule has 0 saturated carbocycles. The quantitative estimate of drug-likeness (QED) is 0.910. The van der Waals surface area contributed by atoms with Gasteiger partial charge in [-0.25, -0.2) is 4.98 Å². The van der Waals surface area contributed by atoms with Gasteiger partial charge in [0.2, 0.25) is 0 Å². The van der Waals surface area contributed by atoms with Crippen molar-refractivity contribution in [3.8, 4) is 0 Å². The highest BCUT2D eigenvalue weighted by atomic mass is 35.5. The van der Waals surface area contributed by atoms with Gasteiger partial charge in [0.1, 0.15) is 0 Å². The molecular formula is C14H17ClN2S. The monoisotopic (exact) mass is 280 g/mol. The fourth-order valence-corrected chi connectivity index (χ4v) is 3.07. The summed E-state index contributed by atoms with van der Waals surface area (Å²) in [5, 5.41) is 1.44. The van der Waals surface area contributed by atoms with E-state index in [4.69, 9.17) is 17.3 Å². The molecular weight excluding hydrogens is 264 g/mol. The molecule has 1 heterocycles. The molecule has 2 nitrogen and oxygen atoms in total. The van der Waals surface area contributed by atoms with Crippen molar-refractivity contribution in [1.29, 1.82) is 0 Å². The van der Waals surface area contributed by atoms with Crippen molar-refractivity contribution in [1.82, 2.24) is 4.98 Å². The van der Waals surface area contributed by atoms with Crippen molar-refractivity contribution in [3.05, 3.63) is 44.9 Å². The van der Waals surface area contributed by atoms with Crippen LogP contribution in [0.2, 0.25) is 5.02 Å². The summed E-state index contributed by atoms with van der Waals surface area (Å²) in [5.41, 5.74) is 9.46. The summed E-state index contributed by atoms with van der Waals surface area (Å²) in [6.45, 7) is 4.26. The molecule has 1 aromatic heterocycles. The number of aromatic nitrogens is 1. The minimum atomic E-state index is 0.660. The molecule has 2 rings (SSSR count). The number of aryl methyl sites for hydroxylation is 2. The van der Waals surface area contributed by atoms with Crippen LogP contribution >= 0.6 is 22.9 Å². The Bertz CT molecular complexity index is 549. The first-order valence-corrected chi connectivity index (χ1v) is 7.28. The highest BCUT2D eigenvalue weighted by Gasteiger charge is 2.11. The van der Waals surface area contributed by atoms with E-state index in [1.54, 1.807) is 11.3 Å². The fraction of sp³-hybridized carbons (Fsp3) is 0.357. The number of nitrogens with two attached hydrogens (primary N) is 1. The lowest BCUT2D eigenvalue weighted by molar-refractivity contribution is 0.879. The van der Waals surface area contributed by atoms with Crippen LogP contribution in [0.4, 0.5) is 5.13 Å². The SMILES string of the molecule is CCCc1nc(N)sc1Cc1cc(Cl)ccc1C. The number of thiazole rings is 1. The van der Waals surface area contributed by atoms with Gasteiger partial charge in [0.25, 0.3) is 0 Å². The molecule has 0 saturated heterocycles. The van der Waals surface area contributed by atoms with Crippen molar-refractivity contribution in [2.45, 2.75) is 33.1 Å².